The molecule has 1 saturated heterocycles. The van der Waals surface area contributed by atoms with Gasteiger partial charge in [0.2, 0.25) is 5.91 Å². The molecule has 1 aliphatic heterocycles. The van der Waals surface area contributed by atoms with Gasteiger partial charge in [0, 0.05) is 5.92 Å². The molecule has 1 heterocycles. The predicted octanol–water partition coefficient (Wildman–Crippen LogP) is 1.89. The molecule has 0 bridgehead atoms. The number of thioether (sulfide) groups is 1. The van der Waals surface area contributed by atoms with Gasteiger partial charge in [0.05, 0.1) is 0 Å². The Morgan fingerprint density at radius 3 is 2.59 bits per heavy atom. The van der Waals surface area contributed by atoms with Crippen LogP contribution in [0.2, 0.25) is 0 Å². The fourth-order valence-electron chi connectivity index (χ4n) is 1.91. The number of aliphatic carboxylic acids is 1. The van der Waals surface area contributed by atoms with Gasteiger partial charge in [-0.1, -0.05) is 19.8 Å². The summed E-state index contributed by atoms with van der Waals surface area (Å²) in [5.74, 6) is 1.03. The van der Waals surface area contributed by atoms with Gasteiger partial charge in [0.25, 0.3) is 0 Å². The SMILES string of the molecule is CCCCC(NC(=O)C1CCSCC1)C(=O)O. The van der Waals surface area contributed by atoms with Gasteiger partial charge in [-0.05, 0) is 30.8 Å². The summed E-state index contributed by atoms with van der Waals surface area (Å²) in [6, 6.07) is -0.711. The molecule has 0 spiro atoms. The van der Waals surface area contributed by atoms with E-state index in [1.807, 2.05) is 18.7 Å². The number of rotatable bonds is 6. The smallest absolute Gasteiger partial charge is 0.326 e. The van der Waals surface area contributed by atoms with Crippen molar-refractivity contribution in [2.45, 2.75) is 45.1 Å². The van der Waals surface area contributed by atoms with Crippen LogP contribution < -0.4 is 5.32 Å². The highest BCUT2D eigenvalue weighted by molar-refractivity contribution is 7.99. The van der Waals surface area contributed by atoms with Crippen LogP contribution in [0.15, 0.2) is 0 Å². The minimum atomic E-state index is -0.919. The highest BCUT2D eigenvalue weighted by atomic mass is 32.2. The van der Waals surface area contributed by atoms with Crippen molar-refractivity contribution >= 4 is 23.6 Å². The fraction of sp³-hybridized carbons (Fsp3) is 0.833. The molecule has 0 aromatic rings. The maximum absolute atomic E-state index is 11.9. The van der Waals surface area contributed by atoms with Crippen molar-refractivity contribution in [1.29, 1.82) is 0 Å². The molecule has 1 amide bonds. The second kappa shape index (κ2) is 7.58. The van der Waals surface area contributed by atoms with Gasteiger partial charge in [0.15, 0.2) is 0 Å². The topological polar surface area (TPSA) is 66.4 Å². The third-order valence-electron chi connectivity index (χ3n) is 3.05. The summed E-state index contributed by atoms with van der Waals surface area (Å²) < 4.78 is 0. The first-order valence-electron chi connectivity index (χ1n) is 6.26. The number of carbonyl (C=O) groups is 2. The summed E-state index contributed by atoms with van der Waals surface area (Å²) in [7, 11) is 0. The number of unbranched alkanes of at least 4 members (excludes halogenated alkanes) is 1. The zero-order valence-electron chi connectivity index (χ0n) is 10.3. The molecule has 1 atom stereocenters. The van der Waals surface area contributed by atoms with E-state index in [9.17, 15) is 9.59 Å². The van der Waals surface area contributed by atoms with Gasteiger partial charge in [-0.2, -0.15) is 11.8 Å². The number of carboxylic acid groups (broad SMARTS) is 1. The molecule has 0 radical (unpaired) electrons. The summed E-state index contributed by atoms with van der Waals surface area (Å²) in [5.41, 5.74) is 0. The van der Waals surface area contributed by atoms with E-state index in [4.69, 9.17) is 5.11 Å². The molecule has 1 aliphatic rings. The molecule has 1 fully saturated rings. The normalized spacial score (nSPS) is 18.6. The van der Waals surface area contributed by atoms with Crippen LogP contribution in [0.5, 0.6) is 0 Å². The largest absolute Gasteiger partial charge is 0.480 e. The third-order valence-corrected chi connectivity index (χ3v) is 4.10. The van der Waals surface area contributed by atoms with Crippen molar-refractivity contribution in [3.63, 3.8) is 0 Å². The van der Waals surface area contributed by atoms with Crippen molar-refractivity contribution in [1.82, 2.24) is 5.32 Å². The Bertz CT molecular complexity index is 264. The predicted molar refractivity (Wildman–Crippen MR) is 69.1 cm³/mol. The molecule has 0 aromatic heterocycles. The fourth-order valence-corrected chi connectivity index (χ4v) is 3.02. The van der Waals surface area contributed by atoms with E-state index in [2.05, 4.69) is 5.32 Å². The molecule has 0 aromatic carbocycles. The maximum atomic E-state index is 11.9. The molecule has 98 valence electrons. The van der Waals surface area contributed by atoms with Crippen LogP contribution in [0.1, 0.15) is 39.0 Å². The molecule has 2 N–H and O–H groups in total. The molecular weight excluding hydrogens is 238 g/mol. The lowest BCUT2D eigenvalue weighted by Gasteiger charge is -2.23. The lowest BCUT2D eigenvalue weighted by Crippen LogP contribution is -2.44. The van der Waals surface area contributed by atoms with Crippen LogP contribution in [-0.2, 0) is 9.59 Å². The molecule has 0 saturated carbocycles. The summed E-state index contributed by atoms with van der Waals surface area (Å²) in [5, 5.41) is 11.7. The zero-order valence-corrected chi connectivity index (χ0v) is 11.1. The molecule has 5 heteroatoms. The standard InChI is InChI=1S/C12H21NO3S/c1-2-3-4-10(12(15)16)13-11(14)9-5-7-17-8-6-9/h9-10H,2-8H2,1H3,(H,13,14)(H,15,16). The van der Waals surface area contributed by atoms with E-state index in [-0.39, 0.29) is 11.8 Å². The Balaban J connectivity index is 2.42. The van der Waals surface area contributed by atoms with Gasteiger partial charge >= 0.3 is 5.97 Å². The van der Waals surface area contributed by atoms with Gasteiger partial charge in [-0.3, -0.25) is 4.79 Å². The van der Waals surface area contributed by atoms with Crippen LogP contribution in [0.3, 0.4) is 0 Å². The molecule has 1 unspecified atom stereocenters. The van der Waals surface area contributed by atoms with Crippen LogP contribution in [0.4, 0.5) is 0 Å². The average Bonchev–Trinajstić information content (AvgIpc) is 2.35. The van der Waals surface area contributed by atoms with Crippen molar-refractivity contribution in [3.05, 3.63) is 0 Å². The Morgan fingerprint density at radius 1 is 1.41 bits per heavy atom. The second-order valence-corrected chi connectivity index (χ2v) is 5.65. The van der Waals surface area contributed by atoms with E-state index < -0.39 is 12.0 Å². The minimum Gasteiger partial charge on any atom is -0.480 e. The number of hydrogen-bond acceptors (Lipinski definition) is 3. The van der Waals surface area contributed by atoms with Gasteiger partial charge in [-0.25, -0.2) is 4.79 Å². The Labute approximate surface area is 107 Å². The van der Waals surface area contributed by atoms with E-state index in [0.717, 1.165) is 37.2 Å². The van der Waals surface area contributed by atoms with Crippen molar-refractivity contribution in [2.75, 3.05) is 11.5 Å². The number of carbonyl (C=O) groups excluding carboxylic acids is 1. The molecule has 0 aliphatic carbocycles. The van der Waals surface area contributed by atoms with Gasteiger partial charge < -0.3 is 10.4 Å². The highest BCUT2D eigenvalue weighted by Gasteiger charge is 2.26. The van der Waals surface area contributed by atoms with E-state index in [1.165, 1.54) is 0 Å². The Morgan fingerprint density at radius 2 is 2.06 bits per heavy atom. The van der Waals surface area contributed by atoms with Crippen LogP contribution in [-0.4, -0.2) is 34.5 Å². The third kappa shape index (κ3) is 4.98. The van der Waals surface area contributed by atoms with E-state index in [1.54, 1.807) is 0 Å². The number of amides is 1. The van der Waals surface area contributed by atoms with Crippen molar-refractivity contribution < 1.29 is 14.7 Å². The first-order valence-corrected chi connectivity index (χ1v) is 7.41. The molecular formula is C12H21NO3S. The lowest BCUT2D eigenvalue weighted by molar-refractivity contribution is -0.142. The number of carboxylic acids is 1. The van der Waals surface area contributed by atoms with E-state index >= 15 is 0 Å². The Kier molecular flexibility index (Phi) is 6.40. The molecule has 4 nitrogen and oxygen atoms in total. The van der Waals surface area contributed by atoms with Gasteiger partial charge in [-0.15, -0.1) is 0 Å². The summed E-state index contributed by atoms with van der Waals surface area (Å²) in [6.45, 7) is 2.01. The maximum Gasteiger partial charge on any atom is 0.326 e. The number of nitrogens with one attached hydrogen (secondary N) is 1. The quantitative estimate of drug-likeness (QED) is 0.764. The van der Waals surface area contributed by atoms with Crippen molar-refractivity contribution in [3.8, 4) is 0 Å². The highest BCUT2D eigenvalue weighted by Crippen LogP contribution is 2.22. The van der Waals surface area contributed by atoms with E-state index in [0.29, 0.717) is 6.42 Å². The average molecular weight is 259 g/mol. The molecule has 17 heavy (non-hydrogen) atoms. The second-order valence-electron chi connectivity index (χ2n) is 4.43. The minimum absolute atomic E-state index is 0.0136. The Hall–Kier alpha value is -0.710. The molecule has 1 rings (SSSR count). The van der Waals surface area contributed by atoms with Crippen LogP contribution in [0, 0.1) is 5.92 Å². The van der Waals surface area contributed by atoms with Gasteiger partial charge in [0.1, 0.15) is 6.04 Å². The lowest BCUT2D eigenvalue weighted by atomic mass is 10.0. The zero-order chi connectivity index (χ0) is 12.7. The van der Waals surface area contributed by atoms with Crippen molar-refractivity contribution in [2.24, 2.45) is 5.92 Å². The van der Waals surface area contributed by atoms with Crippen LogP contribution in [0.25, 0.3) is 0 Å². The summed E-state index contributed by atoms with van der Waals surface area (Å²) in [4.78, 5) is 22.9. The first-order chi connectivity index (χ1) is 8.15. The van der Waals surface area contributed by atoms with Crippen LogP contribution >= 0.6 is 11.8 Å². The summed E-state index contributed by atoms with van der Waals surface area (Å²) in [6.07, 6.45) is 4.05. The monoisotopic (exact) mass is 259 g/mol. The number of hydrogen-bond donors (Lipinski definition) is 2. The summed E-state index contributed by atoms with van der Waals surface area (Å²) >= 11 is 1.86. The first kappa shape index (κ1) is 14.4.